The molecule has 0 aromatic heterocycles. The van der Waals surface area contributed by atoms with E-state index in [1.165, 1.54) is 13.2 Å². The van der Waals surface area contributed by atoms with Crippen molar-refractivity contribution in [2.24, 2.45) is 0 Å². The summed E-state index contributed by atoms with van der Waals surface area (Å²) in [5.41, 5.74) is 1.66. The number of allylic oxidation sites excluding steroid dienone is 1. The van der Waals surface area contributed by atoms with Crippen LogP contribution in [0.1, 0.15) is 32.1 Å². The Hall–Kier alpha value is -1.78. The van der Waals surface area contributed by atoms with Crippen LogP contribution in [0, 0.1) is 0 Å². The number of hydrogen-bond acceptors (Lipinski definition) is 3. The zero-order valence-electron chi connectivity index (χ0n) is 10.6. The number of carbonyl (C=O) groups is 2. The van der Waals surface area contributed by atoms with E-state index in [1.807, 2.05) is 0 Å². The first-order valence-electron chi connectivity index (χ1n) is 6.01. The van der Waals surface area contributed by atoms with Gasteiger partial charge < -0.3 is 15.2 Å². The van der Waals surface area contributed by atoms with Gasteiger partial charge in [-0.15, -0.1) is 0 Å². The SMILES string of the molecule is C=CC(=C1CCCCC1)[C@H](NC(=O)OC)C(=O)O. The number of ether oxygens (including phenoxy) is 1. The fourth-order valence-corrected chi connectivity index (χ4v) is 2.18. The second-order valence-corrected chi connectivity index (χ2v) is 4.23. The molecular formula is C13H19NO4. The molecule has 1 amide bonds. The summed E-state index contributed by atoms with van der Waals surface area (Å²) < 4.78 is 4.44. The number of aliphatic carboxylic acids is 1. The van der Waals surface area contributed by atoms with Crippen molar-refractivity contribution in [2.45, 2.75) is 38.1 Å². The highest BCUT2D eigenvalue weighted by atomic mass is 16.5. The Morgan fingerprint density at radius 3 is 2.44 bits per heavy atom. The van der Waals surface area contributed by atoms with Gasteiger partial charge in [0, 0.05) is 0 Å². The number of amides is 1. The van der Waals surface area contributed by atoms with Crippen LogP contribution in [-0.4, -0.2) is 30.3 Å². The third kappa shape index (κ3) is 3.61. The third-order valence-corrected chi connectivity index (χ3v) is 3.09. The van der Waals surface area contributed by atoms with Crippen molar-refractivity contribution < 1.29 is 19.4 Å². The van der Waals surface area contributed by atoms with Gasteiger partial charge in [-0.1, -0.05) is 24.6 Å². The first kappa shape index (κ1) is 14.3. The topological polar surface area (TPSA) is 75.6 Å². The highest BCUT2D eigenvalue weighted by Crippen LogP contribution is 2.27. The van der Waals surface area contributed by atoms with Gasteiger partial charge in [0.1, 0.15) is 0 Å². The number of carboxylic acid groups (broad SMARTS) is 1. The average Bonchev–Trinajstić information content (AvgIpc) is 2.39. The molecular weight excluding hydrogens is 234 g/mol. The van der Waals surface area contributed by atoms with E-state index < -0.39 is 18.1 Å². The lowest BCUT2D eigenvalue weighted by Gasteiger charge is -2.22. The minimum Gasteiger partial charge on any atom is -0.479 e. The Morgan fingerprint density at radius 1 is 1.39 bits per heavy atom. The van der Waals surface area contributed by atoms with Gasteiger partial charge in [-0.3, -0.25) is 0 Å². The second kappa shape index (κ2) is 6.83. The molecule has 1 rings (SSSR count). The van der Waals surface area contributed by atoms with Crippen LogP contribution in [0.3, 0.4) is 0 Å². The zero-order valence-corrected chi connectivity index (χ0v) is 10.6. The smallest absolute Gasteiger partial charge is 0.407 e. The quantitative estimate of drug-likeness (QED) is 0.805. The van der Waals surface area contributed by atoms with Gasteiger partial charge in [0.05, 0.1) is 7.11 Å². The zero-order chi connectivity index (χ0) is 13.5. The van der Waals surface area contributed by atoms with Crippen molar-refractivity contribution in [1.29, 1.82) is 0 Å². The van der Waals surface area contributed by atoms with Gasteiger partial charge in [0.15, 0.2) is 6.04 Å². The molecule has 5 heteroatoms. The maximum absolute atomic E-state index is 11.2. The highest BCUT2D eigenvalue weighted by Gasteiger charge is 2.26. The first-order chi connectivity index (χ1) is 8.60. The maximum atomic E-state index is 11.2. The summed E-state index contributed by atoms with van der Waals surface area (Å²) in [5.74, 6) is -1.10. The van der Waals surface area contributed by atoms with Gasteiger partial charge in [0.25, 0.3) is 0 Å². The summed E-state index contributed by atoms with van der Waals surface area (Å²) in [4.78, 5) is 22.4. The minimum absolute atomic E-state index is 0.590. The first-order valence-corrected chi connectivity index (χ1v) is 6.01. The van der Waals surface area contributed by atoms with E-state index >= 15 is 0 Å². The van der Waals surface area contributed by atoms with Crippen molar-refractivity contribution >= 4 is 12.1 Å². The number of carboxylic acids is 1. The van der Waals surface area contributed by atoms with E-state index in [0.29, 0.717) is 5.57 Å². The number of carbonyl (C=O) groups excluding carboxylic acids is 1. The molecule has 0 bridgehead atoms. The van der Waals surface area contributed by atoms with E-state index in [-0.39, 0.29) is 0 Å². The van der Waals surface area contributed by atoms with E-state index in [9.17, 15) is 14.7 Å². The number of rotatable bonds is 4. The van der Waals surface area contributed by atoms with Crippen LogP contribution >= 0.6 is 0 Å². The lowest BCUT2D eigenvalue weighted by atomic mass is 9.88. The van der Waals surface area contributed by atoms with Crippen LogP contribution in [0.2, 0.25) is 0 Å². The predicted molar refractivity (Wildman–Crippen MR) is 67.3 cm³/mol. The molecule has 2 N–H and O–H groups in total. The number of hydrogen-bond donors (Lipinski definition) is 2. The Labute approximate surface area is 107 Å². The van der Waals surface area contributed by atoms with Gasteiger partial charge in [-0.05, 0) is 31.3 Å². The summed E-state index contributed by atoms with van der Waals surface area (Å²) >= 11 is 0. The molecule has 0 aromatic carbocycles. The summed E-state index contributed by atoms with van der Waals surface area (Å²) in [7, 11) is 1.20. The van der Waals surface area contributed by atoms with Crippen molar-refractivity contribution in [2.75, 3.05) is 7.11 Å². The summed E-state index contributed by atoms with van der Waals surface area (Å²) in [6.45, 7) is 3.66. The Balaban J connectivity index is 2.96. The van der Waals surface area contributed by atoms with Crippen molar-refractivity contribution in [3.8, 4) is 0 Å². The van der Waals surface area contributed by atoms with E-state index in [4.69, 9.17) is 0 Å². The predicted octanol–water partition coefficient (Wildman–Crippen LogP) is 2.24. The standard InChI is InChI=1S/C13H19NO4/c1-3-10(9-7-5-4-6-8-9)11(12(15)16)14-13(17)18-2/h3,11H,1,4-8H2,2H3,(H,14,17)(H,15,16)/t11-/m0/s1. The van der Waals surface area contributed by atoms with Gasteiger partial charge in [-0.2, -0.15) is 0 Å². The van der Waals surface area contributed by atoms with Crippen LogP contribution in [0.25, 0.3) is 0 Å². The molecule has 0 unspecified atom stereocenters. The van der Waals surface area contributed by atoms with Crippen LogP contribution in [0.15, 0.2) is 23.8 Å². The van der Waals surface area contributed by atoms with Crippen LogP contribution < -0.4 is 5.32 Å². The van der Waals surface area contributed by atoms with Crippen LogP contribution in [0.4, 0.5) is 4.79 Å². The molecule has 1 atom stereocenters. The number of nitrogens with one attached hydrogen (secondary N) is 1. The van der Waals surface area contributed by atoms with Crippen molar-refractivity contribution in [3.63, 3.8) is 0 Å². The lowest BCUT2D eigenvalue weighted by molar-refractivity contribution is -0.138. The number of methoxy groups -OCH3 is 1. The minimum atomic E-state index is -1.10. The normalized spacial score (nSPS) is 16.6. The largest absolute Gasteiger partial charge is 0.479 e. The van der Waals surface area contributed by atoms with Crippen LogP contribution in [-0.2, 0) is 9.53 Å². The molecule has 0 aromatic rings. The third-order valence-electron chi connectivity index (χ3n) is 3.09. The van der Waals surface area contributed by atoms with Crippen molar-refractivity contribution in [3.05, 3.63) is 23.8 Å². The fourth-order valence-electron chi connectivity index (χ4n) is 2.18. The molecule has 0 heterocycles. The Kier molecular flexibility index (Phi) is 5.42. The maximum Gasteiger partial charge on any atom is 0.407 e. The molecule has 1 fully saturated rings. The second-order valence-electron chi connectivity index (χ2n) is 4.23. The number of alkyl carbamates (subject to hydrolysis) is 1. The molecule has 0 spiro atoms. The van der Waals surface area contributed by atoms with Gasteiger partial charge in [0.2, 0.25) is 0 Å². The summed E-state index contributed by atoms with van der Waals surface area (Å²) in [6, 6.07) is -1.08. The van der Waals surface area contributed by atoms with Gasteiger partial charge in [-0.25, -0.2) is 9.59 Å². The molecule has 0 aliphatic heterocycles. The fraction of sp³-hybridized carbons (Fsp3) is 0.538. The van der Waals surface area contributed by atoms with Crippen LogP contribution in [0.5, 0.6) is 0 Å². The van der Waals surface area contributed by atoms with E-state index in [0.717, 1.165) is 37.7 Å². The molecule has 100 valence electrons. The monoisotopic (exact) mass is 253 g/mol. The van der Waals surface area contributed by atoms with E-state index in [2.05, 4.69) is 16.6 Å². The highest BCUT2D eigenvalue weighted by molar-refractivity contribution is 5.84. The molecule has 18 heavy (non-hydrogen) atoms. The Bertz CT molecular complexity index is 365. The molecule has 0 saturated heterocycles. The summed E-state index contributed by atoms with van der Waals surface area (Å²) in [6.07, 6.45) is 5.78. The molecule has 5 nitrogen and oxygen atoms in total. The molecule has 0 radical (unpaired) electrons. The molecule has 1 saturated carbocycles. The summed E-state index contributed by atoms with van der Waals surface area (Å²) in [5, 5.41) is 11.5. The van der Waals surface area contributed by atoms with Gasteiger partial charge >= 0.3 is 12.1 Å². The molecule has 1 aliphatic rings. The lowest BCUT2D eigenvalue weighted by Crippen LogP contribution is -2.42. The van der Waals surface area contributed by atoms with Crippen molar-refractivity contribution in [1.82, 2.24) is 5.32 Å². The molecule has 1 aliphatic carbocycles. The van der Waals surface area contributed by atoms with E-state index in [1.54, 1.807) is 0 Å². The Morgan fingerprint density at radius 2 is 2.00 bits per heavy atom. The average molecular weight is 253 g/mol.